The normalized spacial score (nSPS) is 11.5. The fourth-order valence-corrected chi connectivity index (χ4v) is 2.79. The van der Waals surface area contributed by atoms with Crippen molar-refractivity contribution in [3.05, 3.63) is 83.6 Å². The third-order valence-electron chi connectivity index (χ3n) is 4.13. The van der Waals surface area contributed by atoms with Gasteiger partial charge in [0.2, 0.25) is 0 Å². The van der Waals surface area contributed by atoms with Gasteiger partial charge in [-0.1, -0.05) is 74.5 Å². The Morgan fingerprint density at radius 1 is 1.14 bits per heavy atom. The van der Waals surface area contributed by atoms with Gasteiger partial charge in [0.1, 0.15) is 5.69 Å². The van der Waals surface area contributed by atoms with Crippen LogP contribution in [0.25, 0.3) is 17.3 Å². The number of benzene rings is 2. The zero-order valence-electron chi connectivity index (χ0n) is 16.1. The van der Waals surface area contributed by atoms with E-state index in [0.29, 0.717) is 11.6 Å². The number of nitrogens with one attached hydrogen (secondary N) is 2. The van der Waals surface area contributed by atoms with Gasteiger partial charge < -0.3 is 0 Å². The molecule has 2 N–H and O–H groups in total. The highest BCUT2D eigenvalue weighted by atomic mass is 16.2. The molecule has 3 rings (SSSR count). The van der Waals surface area contributed by atoms with E-state index in [1.54, 1.807) is 12.1 Å². The molecule has 0 bridgehead atoms. The van der Waals surface area contributed by atoms with Gasteiger partial charge in [0.05, 0.1) is 5.69 Å². The zero-order chi connectivity index (χ0) is 19.8. The molecule has 1 amide bonds. The number of hydrazone groups is 1. The van der Waals surface area contributed by atoms with E-state index in [9.17, 15) is 4.79 Å². The molecule has 1 heterocycles. The lowest BCUT2D eigenvalue weighted by Crippen LogP contribution is -2.17. The Bertz CT molecular complexity index is 954. The van der Waals surface area contributed by atoms with Crippen LogP contribution in [0.15, 0.2) is 71.8 Å². The summed E-state index contributed by atoms with van der Waals surface area (Å²) in [4.78, 5) is 12.2. The number of amides is 1. The molecule has 142 valence electrons. The van der Waals surface area contributed by atoms with Crippen LogP contribution in [0.4, 0.5) is 0 Å². The number of H-pyrrole nitrogens is 1. The molecule has 28 heavy (non-hydrogen) atoms. The molecule has 0 unspecified atom stereocenters. The molecule has 5 nitrogen and oxygen atoms in total. The molecule has 0 saturated carbocycles. The van der Waals surface area contributed by atoms with Gasteiger partial charge in [0.25, 0.3) is 5.91 Å². The fraction of sp³-hybridized carbons (Fsp3) is 0.174. The van der Waals surface area contributed by atoms with E-state index < -0.39 is 0 Å². The molecular weight excluding hydrogens is 348 g/mol. The van der Waals surface area contributed by atoms with Crippen LogP contribution >= 0.6 is 0 Å². The number of hydrogen-bond acceptors (Lipinski definition) is 3. The minimum atomic E-state index is -0.334. The highest BCUT2D eigenvalue weighted by Gasteiger charge is 2.10. The molecule has 0 atom stereocenters. The van der Waals surface area contributed by atoms with Crippen LogP contribution in [0.3, 0.4) is 0 Å². The Balaban J connectivity index is 1.56. The molecular formula is C23H24N4O. The van der Waals surface area contributed by atoms with Crippen LogP contribution in [-0.2, 0) is 6.42 Å². The molecule has 0 aliphatic heterocycles. The summed E-state index contributed by atoms with van der Waals surface area (Å²) in [6, 6.07) is 19.9. The van der Waals surface area contributed by atoms with Crippen molar-refractivity contribution in [2.24, 2.45) is 11.0 Å². The molecule has 0 aliphatic carbocycles. The largest absolute Gasteiger partial charge is 0.289 e. The number of carbonyl (C=O) groups is 1. The van der Waals surface area contributed by atoms with Gasteiger partial charge >= 0.3 is 0 Å². The molecule has 0 aliphatic rings. The van der Waals surface area contributed by atoms with Crippen LogP contribution in [0.5, 0.6) is 0 Å². The zero-order valence-corrected chi connectivity index (χ0v) is 16.1. The third-order valence-corrected chi connectivity index (χ3v) is 4.13. The van der Waals surface area contributed by atoms with Crippen molar-refractivity contribution in [3.8, 4) is 11.3 Å². The third kappa shape index (κ3) is 5.51. The van der Waals surface area contributed by atoms with Crippen molar-refractivity contribution in [1.29, 1.82) is 0 Å². The Labute approximate surface area is 165 Å². The predicted molar refractivity (Wildman–Crippen MR) is 114 cm³/mol. The maximum Gasteiger partial charge on any atom is 0.289 e. The standard InChI is InChI=1S/C23H24N4O/c1-17(2)15-19-10-12-20(13-11-19)21-16-22(26-25-21)23(28)27-24-14-6-9-18-7-4-3-5-8-18/h3-14,16-17H,15H2,1-2H3,(H,25,26)(H,27,28)/b9-6+,24-14-. The van der Waals surface area contributed by atoms with Crippen LogP contribution in [0, 0.1) is 5.92 Å². The number of hydrogen-bond donors (Lipinski definition) is 2. The van der Waals surface area contributed by atoms with Gasteiger partial charge in [-0.3, -0.25) is 9.89 Å². The SMILES string of the molecule is CC(C)Cc1ccc(-c2cc(C(=O)N/N=C\C=C\c3ccccc3)[nH]n2)cc1. The lowest BCUT2D eigenvalue weighted by atomic mass is 10.0. The maximum absolute atomic E-state index is 12.2. The van der Waals surface area contributed by atoms with Gasteiger partial charge in [0.15, 0.2) is 0 Å². The van der Waals surface area contributed by atoms with Gasteiger partial charge in [-0.2, -0.15) is 10.2 Å². The maximum atomic E-state index is 12.2. The van der Waals surface area contributed by atoms with Crippen molar-refractivity contribution < 1.29 is 4.79 Å². The summed E-state index contributed by atoms with van der Waals surface area (Å²) in [5.41, 5.74) is 6.92. The van der Waals surface area contributed by atoms with E-state index in [1.807, 2.05) is 48.5 Å². The summed E-state index contributed by atoms with van der Waals surface area (Å²) in [7, 11) is 0. The minimum Gasteiger partial charge on any atom is -0.272 e. The van der Waals surface area contributed by atoms with Crippen molar-refractivity contribution in [2.45, 2.75) is 20.3 Å². The van der Waals surface area contributed by atoms with E-state index in [-0.39, 0.29) is 5.91 Å². The summed E-state index contributed by atoms with van der Waals surface area (Å²) in [5.74, 6) is 0.286. The fourth-order valence-electron chi connectivity index (χ4n) is 2.79. The topological polar surface area (TPSA) is 70.1 Å². The highest BCUT2D eigenvalue weighted by molar-refractivity contribution is 5.94. The molecule has 0 fully saturated rings. The van der Waals surface area contributed by atoms with E-state index in [0.717, 1.165) is 23.2 Å². The number of rotatable bonds is 7. The van der Waals surface area contributed by atoms with E-state index >= 15 is 0 Å². The predicted octanol–water partition coefficient (Wildman–Crippen LogP) is 4.70. The second kappa shape index (κ2) is 9.46. The van der Waals surface area contributed by atoms with Gasteiger partial charge in [0, 0.05) is 11.8 Å². The number of allylic oxidation sites excluding steroid dienone is 1. The van der Waals surface area contributed by atoms with Crippen LogP contribution in [0.1, 0.15) is 35.5 Å². The smallest absolute Gasteiger partial charge is 0.272 e. The molecule has 2 aromatic carbocycles. The first kappa shape index (κ1) is 19.3. The number of aromatic nitrogens is 2. The van der Waals surface area contributed by atoms with E-state index in [2.05, 4.69) is 46.7 Å². The number of carbonyl (C=O) groups excluding carboxylic acids is 1. The second-order valence-corrected chi connectivity index (χ2v) is 6.95. The summed E-state index contributed by atoms with van der Waals surface area (Å²) >= 11 is 0. The summed E-state index contributed by atoms with van der Waals surface area (Å²) in [6.45, 7) is 4.40. The Morgan fingerprint density at radius 2 is 1.89 bits per heavy atom. The van der Waals surface area contributed by atoms with Gasteiger partial charge in [-0.25, -0.2) is 5.43 Å². The van der Waals surface area contributed by atoms with E-state index in [4.69, 9.17) is 0 Å². The molecule has 0 saturated heterocycles. The lowest BCUT2D eigenvalue weighted by molar-refractivity contribution is 0.0950. The van der Waals surface area contributed by atoms with Crippen LogP contribution in [-0.4, -0.2) is 22.3 Å². The van der Waals surface area contributed by atoms with Crippen molar-refractivity contribution >= 4 is 18.2 Å². The van der Waals surface area contributed by atoms with Crippen LogP contribution < -0.4 is 5.43 Å². The van der Waals surface area contributed by atoms with Crippen molar-refractivity contribution in [3.63, 3.8) is 0 Å². The number of aromatic amines is 1. The molecule has 3 aromatic rings. The number of nitrogens with zero attached hydrogens (tertiary/aromatic N) is 2. The summed E-state index contributed by atoms with van der Waals surface area (Å²) in [6.07, 6.45) is 6.26. The van der Waals surface area contributed by atoms with Crippen molar-refractivity contribution in [1.82, 2.24) is 15.6 Å². The quantitative estimate of drug-likeness (QED) is 0.466. The average Bonchev–Trinajstić information content (AvgIpc) is 3.19. The van der Waals surface area contributed by atoms with Crippen LogP contribution in [0.2, 0.25) is 0 Å². The second-order valence-electron chi connectivity index (χ2n) is 6.95. The Hall–Kier alpha value is -3.47. The molecule has 1 aromatic heterocycles. The average molecular weight is 372 g/mol. The van der Waals surface area contributed by atoms with Crippen molar-refractivity contribution in [2.75, 3.05) is 0 Å². The first-order valence-corrected chi connectivity index (χ1v) is 9.31. The monoisotopic (exact) mass is 372 g/mol. The molecule has 5 heteroatoms. The Kier molecular flexibility index (Phi) is 6.52. The van der Waals surface area contributed by atoms with Gasteiger partial charge in [-0.15, -0.1) is 0 Å². The summed E-state index contributed by atoms with van der Waals surface area (Å²) in [5, 5.41) is 10.9. The molecule has 0 spiro atoms. The first-order valence-electron chi connectivity index (χ1n) is 9.31. The Morgan fingerprint density at radius 3 is 2.61 bits per heavy atom. The minimum absolute atomic E-state index is 0.334. The van der Waals surface area contributed by atoms with E-state index in [1.165, 1.54) is 11.8 Å². The molecule has 0 radical (unpaired) electrons. The summed E-state index contributed by atoms with van der Waals surface area (Å²) < 4.78 is 0. The first-order chi connectivity index (χ1) is 13.6. The van der Waals surface area contributed by atoms with Gasteiger partial charge in [-0.05, 0) is 35.6 Å². The highest BCUT2D eigenvalue weighted by Crippen LogP contribution is 2.19. The lowest BCUT2D eigenvalue weighted by Gasteiger charge is -2.05.